The number of anilines is 2. The highest BCUT2D eigenvalue weighted by Gasteiger charge is 2.33. The van der Waals surface area contributed by atoms with Crippen molar-refractivity contribution in [3.05, 3.63) is 80.5 Å². The second-order valence-corrected chi connectivity index (χ2v) is 10.3. The second kappa shape index (κ2) is 10.5. The summed E-state index contributed by atoms with van der Waals surface area (Å²) in [6.45, 7) is 0.738. The quantitative estimate of drug-likeness (QED) is 0.381. The van der Waals surface area contributed by atoms with Gasteiger partial charge >= 0.3 is 6.03 Å². The molecule has 3 aromatic carbocycles. The number of carbonyl (C=O) groups is 2. The molecule has 6 nitrogen and oxygen atoms in total. The Hall–Kier alpha value is -2.84. The average Bonchev–Trinajstić information content (AvgIpc) is 2.89. The van der Waals surface area contributed by atoms with Crippen molar-refractivity contribution in [2.24, 2.45) is 0 Å². The van der Waals surface area contributed by atoms with Crippen LogP contribution in [-0.2, 0) is 11.3 Å². The molecule has 192 valence electrons. The summed E-state index contributed by atoms with van der Waals surface area (Å²) < 4.78 is 13.9. The maximum atomic E-state index is 13.9. The van der Waals surface area contributed by atoms with Crippen molar-refractivity contribution in [3.8, 4) is 11.1 Å². The van der Waals surface area contributed by atoms with E-state index in [1.54, 1.807) is 29.2 Å². The van der Waals surface area contributed by atoms with Gasteiger partial charge in [-0.3, -0.25) is 9.69 Å². The number of rotatable bonds is 4. The molecule has 5 rings (SSSR count). The van der Waals surface area contributed by atoms with Crippen LogP contribution in [0.15, 0.2) is 48.5 Å². The molecule has 37 heavy (non-hydrogen) atoms. The number of para-hydroxylation sites is 1. The van der Waals surface area contributed by atoms with Crippen LogP contribution in [0.5, 0.6) is 0 Å². The zero-order chi connectivity index (χ0) is 26.3. The summed E-state index contributed by atoms with van der Waals surface area (Å²) >= 11 is 19.5. The highest BCUT2D eigenvalue weighted by Crippen LogP contribution is 2.46. The number of nitrogens with zero attached hydrogens (tertiary/aromatic N) is 2. The van der Waals surface area contributed by atoms with E-state index in [2.05, 4.69) is 5.32 Å². The molecule has 0 unspecified atom stereocenters. The van der Waals surface area contributed by atoms with Crippen LogP contribution in [0.4, 0.5) is 20.6 Å². The largest absolute Gasteiger partial charge is 0.387 e. The van der Waals surface area contributed by atoms with Crippen LogP contribution in [0.25, 0.3) is 11.1 Å². The lowest BCUT2D eigenvalue weighted by Crippen LogP contribution is -2.42. The van der Waals surface area contributed by atoms with E-state index in [4.69, 9.17) is 34.8 Å². The number of carbonyl (C=O) groups excluding carboxylic acids is 2. The van der Waals surface area contributed by atoms with E-state index in [-0.39, 0.29) is 29.4 Å². The zero-order valence-corrected chi connectivity index (χ0v) is 21.9. The van der Waals surface area contributed by atoms with Crippen molar-refractivity contribution >= 4 is 58.1 Å². The standard InChI is InChI=1S/C27H23Cl3FN3O3/c28-21-2-1-3-22(29)26(21)34-24-11-16(15-6-8-33(9-7-15)25(36)14-35)10-19(20(24)13-32-27(34)37)18-5-4-17(31)12-23(18)30/h1-5,10-12,15,35H,6-9,13-14H2,(H,32,37). The molecule has 0 saturated carbocycles. The van der Waals surface area contributed by atoms with Gasteiger partial charge in [0.05, 0.1) is 26.4 Å². The monoisotopic (exact) mass is 561 g/mol. The van der Waals surface area contributed by atoms with Crippen LogP contribution in [0.3, 0.4) is 0 Å². The molecule has 0 atom stereocenters. The van der Waals surface area contributed by atoms with Crippen LogP contribution in [0, 0.1) is 5.82 Å². The smallest absolute Gasteiger partial charge is 0.326 e. The number of fused-ring (bicyclic) bond motifs is 1. The number of hydrogen-bond acceptors (Lipinski definition) is 3. The summed E-state index contributed by atoms with van der Waals surface area (Å²) in [6, 6.07) is 12.9. The Bertz CT molecular complexity index is 1370. The van der Waals surface area contributed by atoms with Crippen LogP contribution in [0.2, 0.25) is 15.1 Å². The van der Waals surface area contributed by atoms with Gasteiger partial charge in [-0.1, -0.05) is 46.9 Å². The van der Waals surface area contributed by atoms with E-state index in [1.807, 2.05) is 12.1 Å². The summed E-state index contributed by atoms with van der Waals surface area (Å²) in [7, 11) is 0. The third kappa shape index (κ3) is 4.89. The summed E-state index contributed by atoms with van der Waals surface area (Å²) in [5, 5.41) is 13.0. The average molecular weight is 563 g/mol. The minimum Gasteiger partial charge on any atom is -0.387 e. The molecule has 3 aromatic rings. The Morgan fingerprint density at radius 2 is 1.70 bits per heavy atom. The van der Waals surface area contributed by atoms with Crippen LogP contribution >= 0.6 is 34.8 Å². The number of halogens is 4. The molecular weight excluding hydrogens is 540 g/mol. The first kappa shape index (κ1) is 25.8. The minimum absolute atomic E-state index is 0.0829. The van der Waals surface area contributed by atoms with E-state index in [0.29, 0.717) is 52.9 Å². The zero-order valence-electron chi connectivity index (χ0n) is 19.6. The fourth-order valence-electron chi connectivity index (χ4n) is 5.09. The fourth-order valence-corrected chi connectivity index (χ4v) is 5.92. The Morgan fingerprint density at radius 3 is 2.35 bits per heavy atom. The van der Waals surface area contributed by atoms with E-state index >= 15 is 0 Å². The molecule has 0 radical (unpaired) electrons. The van der Waals surface area contributed by atoms with Crippen LogP contribution in [0.1, 0.15) is 29.9 Å². The van der Waals surface area contributed by atoms with Gasteiger partial charge in [0.25, 0.3) is 0 Å². The fraction of sp³-hybridized carbons (Fsp3) is 0.259. The summed E-state index contributed by atoms with van der Waals surface area (Å²) in [5.41, 5.74) is 4.12. The van der Waals surface area contributed by atoms with E-state index in [0.717, 1.165) is 16.7 Å². The first-order valence-electron chi connectivity index (χ1n) is 11.8. The molecule has 1 saturated heterocycles. The third-order valence-corrected chi connectivity index (χ3v) is 7.87. The van der Waals surface area contributed by atoms with Crippen molar-refractivity contribution in [3.63, 3.8) is 0 Å². The third-order valence-electron chi connectivity index (χ3n) is 6.95. The van der Waals surface area contributed by atoms with Gasteiger partial charge in [0.2, 0.25) is 5.91 Å². The molecule has 0 aliphatic carbocycles. The molecular formula is C27H23Cl3FN3O3. The second-order valence-electron chi connectivity index (χ2n) is 9.07. The molecule has 0 spiro atoms. The number of benzene rings is 3. The van der Waals surface area contributed by atoms with Crippen LogP contribution < -0.4 is 10.2 Å². The van der Waals surface area contributed by atoms with E-state index < -0.39 is 12.4 Å². The van der Waals surface area contributed by atoms with Gasteiger partial charge in [-0.05, 0) is 66.3 Å². The van der Waals surface area contributed by atoms with Gasteiger partial charge in [-0.25, -0.2) is 9.18 Å². The molecule has 3 amide bonds. The van der Waals surface area contributed by atoms with E-state index in [1.165, 1.54) is 17.0 Å². The number of nitrogens with one attached hydrogen (secondary N) is 1. The number of urea groups is 1. The van der Waals surface area contributed by atoms with Gasteiger partial charge in [0.1, 0.15) is 12.4 Å². The molecule has 2 aliphatic heterocycles. The predicted molar refractivity (Wildman–Crippen MR) is 143 cm³/mol. The lowest BCUT2D eigenvalue weighted by atomic mass is 9.84. The van der Waals surface area contributed by atoms with Gasteiger partial charge < -0.3 is 15.3 Å². The number of amides is 3. The number of aliphatic hydroxyl groups is 1. The predicted octanol–water partition coefficient (Wildman–Crippen LogP) is 6.51. The molecule has 1 fully saturated rings. The van der Waals surface area contributed by atoms with Gasteiger partial charge in [0.15, 0.2) is 0 Å². The lowest BCUT2D eigenvalue weighted by molar-refractivity contribution is -0.135. The topological polar surface area (TPSA) is 72.9 Å². The number of hydrogen-bond donors (Lipinski definition) is 2. The van der Waals surface area contributed by atoms with Crippen molar-refractivity contribution in [1.29, 1.82) is 0 Å². The lowest BCUT2D eigenvalue weighted by Gasteiger charge is -2.36. The minimum atomic E-state index is -0.514. The Balaban J connectivity index is 1.67. The highest BCUT2D eigenvalue weighted by molar-refractivity contribution is 6.40. The Kier molecular flexibility index (Phi) is 7.32. The molecule has 0 aromatic heterocycles. The van der Waals surface area contributed by atoms with Crippen molar-refractivity contribution in [1.82, 2.24) is 10.2 Å². The van der Waals surface area contributed by atoms with Crippen molar-refractivity contribution in [2.75, 3.05) is 24.6 Å². The summed E-state index contributed by atoms with van der Waals surface area (Å²) in [5.74, 6) is -0.657. The van der Waals surface area contributed by atoms with Gasteiger partial charge in [0, 0.05) is 30.8 Å². The number of likely N-dealkylation sites (tertiary alicyclic amines) is 1. The molecule has 2 heterocycles. The molecule has 0 bridgehead atoms. The van der Waals surface area contributed by atoms with Gasteiger partial charge in [-0.15, -0.1) is 0 Å². The van der Waals surface area contributed by atoms with Crippen LogP contribution in [-0.4, -0.2) is 41.6 Å². The first-order chi connectivity index (χ1) is 17.8. The van der Waals surface area contributed by atoms with Crippen molar-refractivity contribution < 1.29 is 19.1 Å². The Morgan fingerprint density at radius 1 is 1.00 bits per heavy atom. The molecule has 2 aliphatic rings. The number of piperidine rings is 1. The first-order valence-corrected chi connectivity index (χ1v) is 12.9. The van der Waals surface area contributed by atoms with Crippen molar-refractivity contribution in [2.45, 2.75) is 25.3 Å². The maximum Gasteiger partial charge on any atom is 0.326 e. The number of aliphatic hydroxyl groups excluding tert-OH is 1. The van der Waals surface area contributed by atoms with Gasteiger partial charge in [-0.2, -0.15) is 0 Å². The SMILES string of the molecule is O=C(CO)N1CCC(c2cc(-c3ccc(F)cc3Cl)c3c(c2)N(c2c(Cl)cccc2Cl)C(=O)NC3)CC1. The Labute approximate surface area is 228 Å². The highest BCUT2D eigenvalue weighted by atomic mass is 35.5. The van der Waals surface area contributed by atoms with E-state index in [9.17, 15) is 19.1 Å². The molecule has 10 heteroatoms. The normalized spacial score (nSPS) is 16.0. The molecule has 2 N–H and O–H groups in total. The maximum absolute atomic E-state index is 13.9. The summed E-state index contributed by atoms with van der Waals surface area (Å²) in [4.78, 5) is 28.3. The summed E-state index contributed by atoms with van der Waals surface area (Å²) in [6.07, 6.45) is 1.36.